The quantitative estimate of drug-likeness (QED) is 0.892. The predicted molar refractivity (Wildman–Crippen MR) is 98.2 cm³/mol. The molecule has 1 N–H and O–H groups in total. The van der Waals surface area contributed by atoms with Crippen molar-refractivity contribution >= 4 is 17.5 Å². The van der Waals surface area contributed by atoms with E-state index in [9.17, 15) is 9.59 Å². The van der Waals surface area contributed by atoms with Crippen LogP contribution in [0.4, 0.5) is 5.69 Å². The van der Waals surface area contributed by atoms with Gasteiger partial charge < -0.3 is 24.4 Å². The first-order valence-electron chi connectivity index (χ1n) is 8.82. The van der Waals surface area contributed by atoms with Crippen LogP contribution < -0.4 is 24.4 Å². The van der Waals surface area contributed by atoms with E-state index in [1.54, 1.807) is 11.0 Å². The second kappa shape index (κ2) is 7.19. The van der Waals surface area contributed by atoms with Crippen LogP contribution in [0.15, 0.2) is 42.5 Å². The van der Waals surface area contributed by atoms with Crippen LogP contribution in [0, 0.1) is 0 Å². The maximum atomic E-state index is 12.5. The molecule has 4 rings (SSSR count). The smallest absolute Gasteiger partial charge is 0.262 e. The number of hydrogen-bond acceptors (Lipinski definition) is 5. The van der Waals surface area contributed by atoms with E-state index in [2.05, 4.69) is 5.32 Å². The van der Waals surface area contributed by atoms with Crippen molar-refractivity contribution < 1.29 is 23.8 Å². The molecule has 2 aliphatic rings. The number of para-hydroxylation sites is 2. The summed E-state index contributed by atoms with van der Waals surface area (Å²) in [6.07, 6.45) is -0.0807. The lowest BCUT2D eigenvalue weighted by atomic mass is 10.1. The summed E-state index contributed by atoms with van der Waals surface area (Å²) < 4.78 is 16.4. The molecule has 0 aliphatic carbocycles. The third kappa shape index (κ3) is 3.53. The number of rotatable bonds is 4. The Morgan fingerprint density at radius 3 is 2.78 bits per heavy atom. The Morgan fingerprint density at radius 2 is 1.93 bits per heavy atom. The van der Waals surface area contributed by atoms with Crippen LogP contribution in [0.1, 0.15) is 12.5 Å². The summed E-state index contributed by atoms with van der Waals surface area (Å²) in [6.45, 7) is 2.38. The molecular formula is C20H20N2O5. The molecule has 0 bridgehead atoms. The second-order valence-corrected chi connectivity index (χ2v) is 6.43. The van der Waals surface area contributed by atoms with Gasteiger partial charge in [-0.2, -0.15) is 0 Å². The Morgan fingerprint density at radius 1 is 1.11 bits per heavy atom. The molecule has 0 aromatic heterocycles. The molecule has 0 fully saturated rings. The summed E-state index contributed by atoms with van der Waals surface area (Å²) in [5, 5.41) is 2.88. The zero-order valence-corrected chi connectivity index (χ0v) is 14.9. The number of carbonyl (C=O) groups excluding carboxylic acids is 2. The first-order chi connectivity index (χ1) is 13.1. The molecule has 140 valence electrons. The average molecular weight is 368 g/mol. The van der Waals surface area contributed by atoms with Crippen LogP contribution in [0.5, 0.6) is 17.2 Å². The Bertz CT molecular complexity index is 882. The Labute approximate surface area is 156 Å². The molecule has 2 aromatic carbocycles. The molecule has 7 nitrogen and oxygen atoms in total. The van der Waals surface area contributed by atoms with Crippen molar-refractivity contribution in [2.24, 2.45) is 0 Å². The van der Waals surface area contributed by atoms with Gasteiger partial charge >= 0.3 is 0 Å². The molecule has 2 aliphatic heterocycles. The highest BCUT2D eigenvalue weighted by Crippen LogP contribution is 2.33. The molecule has 7 heteroatoms. The van der Waals surface area contributed by atoms with Gasteiger partial charge in [0.05, 0.1) is 12.2 Å². The third-order valence-corrected chi connectivity index (χ3v) is 4.60. The minimum absolute atomic E-state index is 0.121. The second-order valence-electron chi connectivity index (χ2n) is 6.43. The monoisotopic (exact) mass is 368 g/mol. The fraction of sp³-hybridized carbons (Fsp3) is 0.300. The summed E-state index contributed by atoms with van der Waals surface area (Å²) in [5.74, 6) is 1.64. The van der Waals surface area contributed by atoms with Gasteiger partial charge in [-0.25, -0.2) is 0 Å². The minimum atomic E-state index is -0.736. The maximum Gasteiger partial charge on any atom is 0.262 e. The van der Waals surface area contributed by atoms with Crippen molar-refractivity contribution in [3.8, 4) is 17.2 Å². The molecule has 2 aromatic rings. The summed E-state index contributed by atoms with van der Waals surface area (Å²) in [4.78, 5) is 26.0. The minimum Gasteiger partial charge on any atom is -0.477 e. The topological polar surface area (TPSA) is 77.1 Å². The van der Waals surface area contributed by atoms with Crippen molar-refractivity contribution in [3.05, 3.63) is 48.0 Å². The van der Waals surface area contributed by atoms with Gasteiger partial charge in [-0.3, -0.25) is 9.59 Å². The largest absolute Gasteiger partial charge is 0.477 e. The van der Waals surface area contributed by atoms with Crippen LogP contribution in [0.2, 0.25) is 0 Å². The highest BCUT2D eigenvalue weighted by atomic mass is 16.7. The van der Waals surface area contributed by atoms with Gasteiger partial charge in [-0.1, -0.05) is 18.2 Å². The first-order valence-corrected chi connectivity index (χ1v) is 8.82. The van der Waals surface area contributed by atoms with Gasteiger partial charge in [0.15, 0.2) is 17.6 Å². The molecule has 0 saturated carbocycles. The summed E-state index contributed by atoms with van der Waals surface area (Å²) >= 11 is 0. The SMILES string of the molecule is CC(=O)N1C[C@H](C(=O)NCCc2ccc3c(c2)OCO3)Oc2ccccc21. The number of amides is 2. The number of carbonyl (C=O) groups is 2. The zero-order valence-electron chi connectivity index (χ0n) is 14.9. The van der Waals surface area contributed by atoms with E-state index in [0.29, 0.717) is 24.4 Å². The van der Waals surface area contributed by atoms with E-state index in [-0.39, 0.29) is 25.2 Å². The summed E-state index contributed by atoms with van der Waals surface area (Å²) in [5.41, 5.74) is 1.73. The fourth-order valence-electron chi connectivity index (χ4n) is 3.21. The third-order valence-electron chi connectivity index (χ3n) is 4.60. The Balaban J connectivity index is 1.36. The van der Waals surface area contributed by atoms with Crippen molar-refractivity contribution in [2.45, 2.75) is 19.4 Å². The van der Waals surface area contributed by atoms with Gasteiger partial charge in [0.25, 0.3) is 5.91 Å². The molecule has 2 amide bonds. The Kier molecular flexibility index (Phi) is 4.58. The highest BCUT2D eigenvalue weighted by Gasteiger charge is 2.32. The van der Waals surface area contributed by atoms with Crippen molar-refractivity contribution in [1.29, 1.82) is 0 Å². The fourth-order valence-corrected chi connectivity index (χ4v) is 3.21. The van der Waals surface area contributed by atoms with Crippen LogP contribution in [-0.2, 0) is 16.0 Å². The number of ether oxygens (including phenoxy) is 3. The van der Waals surface area contributed by atoms with Crippen LogP contribution >= 0.6 is 0 Å². The van der Waals surface area contributed by atoms with Crippen molar-refractivity contribution in [2.75, 3.05) is 24.8 Å². The molecule has 1 atom stereocenters. The lowest BCUT2D eigenvalue weighted by molar-refractivity contribution is -0.128. The average Bonchev–Trinajstić information content (AvgIpc) is 3.14. The van der Waals surface area contributed by atoms with Crippen molar-refractivity contribution in [3.63, 3.8) is 0 Å². The highest BCUT2D eigenvalue weighted by molar-refractivity contribution is 5.95. The standard InChI is InChI=1S/C20H20N2O5/c1-13(23)22-11-19(27-16-5-3-2-4-15(16)22)20(24)21-9-8-14-6-7-17-18(10-14)26-12-25-17/h2-7,10,19H,8-9,11-12H2,1H3,(H,21,24)/t19-/m1/s1. The normalized spacial score (nSPS) is 17.1. The Hall–Kier alpha value is -3.22. The predicted octanol–water partition coefficient (Wildman–Crippen LogP) is 1.89. The lowest BCUT2D eigenvalue weighted by Gasteiger charge is -2.33. The van der Waals surface area contributed by atoms with Gasteiger partial charge in [-0.05, 0) is 36.2 Å². The van der Waals surface area contributed by atoms with E-state index in [1.165, 1.54) is 6.92 Å². The van der Waals surface area contributed by atoms with Gasteiger partial charge in [-0.15, -0.1) is 0 Å². The molecule has 0 unspecified atom stereocenters. The van der Waals surface area contributed by atoms with Crippen molar-refractivity contribution in [1.82, 2.24) is 5.32 Å². The number of hydrogen-bond donors (Lipinski definition) is 1. The van der Waals surface area contributed by atoms with Crippen LogP contribution in [0.3, 0.4) is 0 Å². The number of fused-ring (bicyclic) bond motifs is 2. The molecule has 27 heavy (non-hydrogen) atoms. The first kappa shape index (κ1) is 17.2. The zero-order chi connectivity index (χ0) is 18.8. The van der Waals surface area contributed by atoms with E-state index in [4.69, 9.17) is 14.2 Å². The summed E-state index contributed by atoms with van der Waals surface area (Å²) in [6, 6.07) is 13.0. The number of benzene rings is 2. The van der Waals surface area contributed by atoms with E-state index >= 15 is 0 Å². The molecule has 2 heterocycles. The molecule has 0 saturated heterocycles. The van der Waals surface area contributed by atoms with Crippen LogP contribution in [-0.4, -0.2) is 37.8 Å². The number of nitrogens with one attached hydrogen (secondary N) is 1. The van der Waals surface area contributed by atoms with E-state index < -0.39 is 6.10 Å². The molecule has 0 spiro atoms. The molecule has 0 radical (unpaired) electrons. The summed E-state index contributed by atoms with van der Waals surface area (Å²) in [7, 11) is 0. The van der Waals surface area contributed by atoms with E-state index in [1.807, 2.05) is 36.4 Å². The number of anilines is 1. The number of nitrogens with zero attached hydrogens (tertiary/aromatic N) is 1. The molecular weight excluding hydrogens is 348 g/mol. The van der Waals surface area contributed by atoms with Gasteiger partial charge in [0.1, 0.15) is 5.75 Å². The van der Waals surface area contributed by atoms with Gasteiger partial charge in [0.2, 0.25) is 12.7 Å². The maximum absolute atomic E-state index is 12.5. The van der Waals surface area contributed by atoms with Gasteiger partial charge in [0, 0.05) is 13.5 Å². The lowest BCUT2D eigenvalue weighted by Crippen LogP contribution is -2.50. The van der Waals surface area contributed by atoms with Crippen LogP contribution in [0.25, 0.3) is 0 Å². The van der Waals surface area contributed by atoms with E-state index in [0.717, 1.165) is 17.1 Å².